The number of aromatic nitrogens is 3. The Kier molecular flexibility index (Phi) is 9.49. The fourth-order valence-corrected chi connectivity index (χ4v) is 2.23. The van der Waals surface area contributed by atoms with E-state index in [0.717, 1.165) is 0 Å². The monoisotopic (exact) mass is 365 g/mol. The van der Waals surface area contributed by atoms with Crippen molar-refractivity contribution in [3.8, 4) is 0 Å². The van der Waals surface area contributed by atoms with Crippen molar-refractivity contribution in [2.24, 2.45) is 0 Å². The number of H-pyrrole nitrogens is 1. The third kappa shape index (κ3) is 9.18. The Morgan fingerprint density at radius 2 is 1.44 bits per heavy atom. The van der Waals surface area contributed by atoms with E-state index in [4.69, 9.17) is 0 Å². The van der Waals surface area contributed by atoms with Gasteiger partial charge in [-0.2, -0.15) is 5.10 Å². The molecule has 0 bridgehead atoms. The van der Waals surface area contributed by atoms with Crippen LogP contribution in [0.15, 0.2) is 67.1 Å². The zero-order chi connectivity index (χ0) is 20.3. The SMILES string of the molecule is CC(C)(C)c1cccnc1.CC(C)c1ccccc1.CC(C)c1ccn[nH]1. The Bertz CT molecular complexity index is 709. The Balaban J connectivity index is 0.000000204. The second-order valence-corrected chi connectivity index (χ2v) is 8.22. The molecule has 0 spiro atoms. The lowest BCUT2D eigenvalue weighted by Crippen LogP contribution is -2.10. The standard InChI is InChI=1S/C9H13N.C9H12.C6H10N2/c1-9(2,3)8-5-4-6-10-7-8;1-8(2)9-6-4-3-5-7-9;1-5(2)6-3-4-7-8-6/h4-7H,1-3H3;3-8H,1-2H3;3-5H,1-2H3,(H,7,8). The molecule has 0 aliphatic carbocycles. The zero-order valence-electron chi connectivity index (χ0n) is 17.9. The predicted octanol–water partition coefficient (Wildman–Crippen LogP) is 6.72. The summed E-state index contributed by atoms with van der Waals surface area (Å²) in [7, 11) is 0. The van der Waals surface area contributed by atoms with Gasteiger partial charge in [0.05, 0.1) is 0 Å². The van der Waals surface area contributed by atoms with Crippen LogP contribution in [0.3, 0.4) is 0 Å². The number of benzene rings is 1. The molecule has 0 aliphatic rings. The van der Waals surface area contributed by atoms with Gasteiger partial charge < -0.3 is 0 Å². The highest BCUT2D eigenvalue weighted by molar-refractivity contribution is 5.18. The second kappa shape index (κ2) is 11.3. The molecular weight excluding hydrogens is 330 g/mol. The Hall–Kier alpha value is -2.42. The number of rotatable bonds is 2. The fraction of sp³-hybridized carbons (Fsp3) is 0.417. The first-order chi connectivity index (χ1) is 12.7. The van der Waals surface area contributed by atoms with Crippen molar-refractivity contribution < 1.29 is 0 Å². The largest absolute Gasteiger partial charge is 0.282 e. The molecule has 3 aromatic rings. The fourth-order valence-electron chi connectivity index (χ4n) is 2.23. The molecule has 0 radical (unpaired) electrons. The minimum Gasteiger partial charge on any atom is -0.282 e. The molecule has 3 nitrogen and oxygen atoms in total. The maximum absolute atomic E-state index is 4.05. The summed E-state index contributed by atoms with van der Waals surface area (Å²) < 4.78 is 0. The van der Waals surface area contributed by atoms with Gasteiger partial charge >= 0.3 is 0 Å². The number of nitrogens with zero attached hydrogens (tertiary/aromatic N) is 2. The first-order valence-electron chi connectivity index (χ1n) is 9.66. The minimum absolute atomic E-state index is 0.230. The van der Waals surface area contributed by atoms with Crippen LogP contribution in [0.5, 0.6) is 0 Å². The van der Waals surface area contributed by atoms with Crippen LogP contribution in [0, 0.1) is 0 Å². The average Bonchev–Trinajstić information content (AvgIpc) is 3.19. The molecule has 146 valence electrons. The van der Waals surface area contributed by atoms with Crippen LogP contribution in [-0.2, 0) is 5.41 Å². The topological polar surface area (TPSA) is 41.6 Å². The van der Waals surface area contributed by atoms with Gasteiger partial charge in [0, 0.05) is 24.3 Å². The van der Waals surface area contributed by atoms with E-state index in [0.29, 0.717) is 11.8 Å². The minimum atomic E-state index is 0.230. The van der Waals surface area contributed by atoms with E-state index in [1.54, 1.807) is 12.4 Å². The summed E-state index contributed by atoms with van der Waals surface area (Å²) in [5.41, 5.74) is 4.13. The maximum Gasteiger partial charge on any atom is 0.0490 e. The highest BCUT2D eigenvalue weighted by atomic mass is 15.1. The van der Waals surface area contributed by atoms with Crippen LogP contribution in [-0.4, -0.2) is 15.2 Å². The van der Waals surface area contributed by atoms with Gasteiger partial charge in [-0.05, 0) is 40.5 Å². The van der Waals surface area contributed by atoms with Gasteiger partial charge in [-0.1, -0.05) is 84.9 Å². The summed E-state index contributed by atoms with van der Waals surface area (Å²) >= 11 is 0. The third-order valence-electron chi connectivity index (χ3n) is 4.14. The van der Waals surface area contributed by atoms with Crippen molar-refractivity contribution in [3.63, 3.8) is 0 Å². The van der Waals surface area contributed by atoms with Crippen molar-refractivity contribution in [1.82, 2.24) is 15.2 Å². The predicted molar refractivity (Wildman–Crippen MR) is 116 cm³/mol. The van der Waals surface area contributed by atoms with Gasteiger partial charge in [-0.15, -0.1) is 0 Å². The smallest absolute Gasteiger partial charge is 0.0490 e. The lowest BCUT2D eigenvalue weighted by atomic mass is 9.88. The van der Waals surface area contributed by atoms with E-state index in [2.05, 4.69) is 94.0 Å². The number of pyridine rings is 1. The Morgan fingerprint density at radius 1 is 0.778 bits per heavy atom. The molecular formula is C24H35N3. The average molecular weight is 366 g/mol. The lowest BCUT2D eigenvalue weighted by molar-refractivity contribution is 0.587. The van der Waals surface area contributed by atoms with E-state index in [-0.39, 0.29) is 5.41 Å². The molecule has 27 heavy (non-hydrogen) atoms. The van der Waals surface area contributed by atoms with Crippen molar-refractivity contribution >= 4 is 0 Å². The van der Waals surface area contributed by atoms with Gasteiger partial charge in [0.2, 0.25) is 0 Å². The summed E-state index contributed by atoms with van der Waals surface area (Å²) in [6, 6.07) is 16.6. The highest BCUT2D eigenvalue weighted by Crippen LogP contribution is 2.19. The van der Waals surface area contributed by atoms with Crippen LogP contribution in [0.4, 0.5) is 0 Å². The van der Waals surface area contributed by atoms with Crippen LogP contribution >= 0.6 is 0 Å². The molecule has 0 aliphatic heterocycles. The van der Waals surface area contributed by atoms with Crippen molar-refractivity contribution in [1.29, 1.82) is 0 Å². The van der Waals surface area contributed by atoms with Gasteiger partial charge in [0.25, 0.3) is 0 Å². The van der Waals surface area contributed by atoms with E-state index in [1.807, 2.05) is 24.4 Å². The first kappa shape index (κ1) is 22.6. The molecule has 0 saturated carbocycles. The van der Waals surface area contributed by atoms with Crippen molar-refractivity contribution in [2.45, 2.75) is 65.7 Å². The van der Waals surface area contributed by atoms with E-state index in [1.165, 1.54) is 16.8 Å². The molecule has 1 aromatic carbocycles. The Labute approximate surface area is 165 Å². The van der Waals surface area contributed by atoms with Gasteiger partial charge in [-0.25, -0.2) is 0 Å². The highest BCUT2D eigenvalue weighted by Gasteiger charge is 2.12. The molecule has 0 atom stereocenters. The van der Waals surface area contributed by atoms with E-state index in [9.17, 15) is 0 Å². The number of hydrogen-bond donors (Lipinski definition) is 1. The summed E-state index contributed by atoms with van der Waals surface area (Å²) in [4.78, 5) is 4.05. The molecule has 0 fully saturated rings. The Morgan fingerprint density at radius 3 is 1.74 bits per heavy atom. The molecule has 2 aromatic heterocycles. The number of aromatic amines is 1. The molecule has 3 rings (SSSR count). The molecule has 1 N–H and O–H groups in total. The molecule has 0 saturated heterocycles. The normalized spacial score (nSPS) is 10.7. The zero-order valence-corrected chi connectivity index (χ0v) is 17.9. The van der Waals surface area contributed by atoms with Crippen molar-refractivity contribution in [2.75, 3.05) is 0 Å². The van der Waals surface area contributed by atoms with Crippen LogP contribution < -0.4 is 0 Å². The summed E-state index contributed by atoms with van der Waals surface area (Å²) in [5.74, 6) is 1.23. The summed E-state index contributed by atoms with van der Waals surface area (Å²) in [5, 5.41) is 6.70. The summed E-state index contributed by atoms with van der Waals surface area (Å²) in [6.45, 7) is 15.2. The summed E-state index contributed by atoms with van der Waals surface area (Å²) in [6.07, 6.45) is 5.49. The van der Waals surface area contributed by atoms with Crippen LogP contribution in [0.2, 0.25) is 0 Å². The number of nitrogens with one attached hydrogen (secondary N) is 1. The molecule has 0 unspecified atom stereocenters. The van der Waals surface area contributed by atoms with E-state index < -0.39 is 0 Å². The first-order valence-corrected chi connectivity index (χ1v) is 9.66. The quantitative estimate of drug-likeness (QED) is 0.547. The van der Waals surface area contributed by atoms with Crippen LogP contribution in [0.25, 0.3) is 0 Å². The molecule has 0 amide bonds. The van der Waals surface area contributed by atoms with Gasteiger partial charge in [0.15, 0.2) is 0 Å². The van der Waals surface area contributed by atoms with E-state index >= 15 is 0 Å². The van der Waals surface area contributed by atoms with Crippen LogP contribution in [0.1, 0.15) is 77.1 Å². The van der Waals surface area contributed by atoms with Crippen molar-refractivity contribution in [3.05, 3.63) is 83.9 Å². The van der Waals surface area contributed by atoms with Gasteiger partial charge in [-0.3, -0.25) is 10.1 Å². The van der Waals surface area contributed by atoms with Gasteiger partial charge in [0.1, 0.15) is 0 Å². The molecule has 2 heterocycles. The maximum atomic E-state index is 4.05. The molecule has 3 heteroatoms. The third-order valence-corrected chi connectivity index (χ3v) is 4.14. The lowest BCUT2D eigenvalue weighted by Gasteiger charge is -2.17. The number of hydrogen-bond acceptors (Lipinski definition) is 2. The second-order valence-electron chi connectivity index (χ2n) is 8.22.